The minimum Gasteiger partial charge on any atom is -1.00 e. The van der Waals surface area contributed by atoms with Crippen LogP contribution in [0.15, 0.2) is 67.5 Å². The average Bonchev–Trinajstić information content (AvgIpc) is 3.17. The summed E-state index contributed by atoms with van der Waals surface area (Å²) in [6.45, 7) is 28.1. The van der Waals surface area contributed by atoms with Gasteiger partial charge in [0.15, 0.2) is 0 Å². The van der Waals surface area contributed by atoms with Crippen molar-refractivity contribution in [3.05, 3.63) is 89.8 Å². The number of halogens is 2. The summed E-state index contributed by atoms with van der Waals surface area (Å²) >= 11 is 1.52. The standard InChI is InChI=1S/C34H43.2ClH.Zr/c1-20(2)26-17-21(3)29(31(26)34(10,11)12)30-24-15-13-22(32(4,5)6)18-27(24)28-19-23(33(7,8)9)14-16-25(28)30;;;/h13-16,18-19,30H,1-12H3;2*1H;/q;;;+2/p-2. The molecule has 0 heterocycles. The van der Waals surface area contributed by atoms with Crippen molar-refractivity contribution in [1.82, 2.24) is 0 Å². The maximum absolute atomic E-state index is 2.49. The van der Waals surface area contributed by atoms with Crippen LogP contribution < -0.4 is 24.8 Å². The van der Waals surface area contributed by atoms with E-state index in [1.54, 1.807) is 14.4 Å². The van der Waals surface area contributed by atoms with Gasteiger partial charge in [-0.1, -0.05) is 0 Å². The summed E-state index contributed by atoms with van der Waals surface area (Å²) in [6, 6.07) is 14.6. The van der Waals surface area contributed by atoms with Crippen molar-refractivity contribution in [1.29, 1.82) is 0 Å². The molecule has 3 heteroatoms. The number of hydrogen-bond donors (Lipinski definition) is 0. The summed E-state index contributed by atoms with van der Waals surface area (Å²) in [6.07, 6.45) is 0. The van der Waals surface area contributed by atoms with E-state index in [9.17, 15) is 0 Å². The molecule has 2 aromatic carbocycles. The van der Waals surface area contributed by atoms with E-state index in [1.165, 1.54) is 74.8 Å². The molecule has 2 aliphatic rings. The Morgan fingerprint density at radius 1 is 0.676 bits per heavy atom. The van der Waals surface area contributed by atoms with Crippen LogP contribution in [-0.2, 0) is 35.5 Å². The Hall–Kier alpha value is -0.877. The van der Waals surface area contributed by atoms with Crippen LogP contribution in [0.4, 0.5) is 0 Å². The van der Waals surface area contributed by atoms with Crippen molar-refractivity contribution < 1.29 is 49.5 Å². The quantitative estimate of drug-likeness (QED) is 0.458. The second-order valence-corrected chi connectivity index (χ2v) is 15.2. The summed E-state index contributed by atoms with van der Waals surface area (Å²) in [5, 5.41) is 0. The fourth-order valence-corrected chi connectivity index (χ4v) is 7.16. The number of allylic oxidation sites excluding steroid dienone is 6. The Kier molecular flexibility index (Phi) is 9.26. The van der Waals surface area contributed by atoms with Crippen molar-refractivity contribution >= 4 is 0 Å². The van der Waals surface area contributed by atoms with Crippen LogP contribution in [0.1, 0.15) is 111 Å². The van der Waals surface area contributed by atoms with Gasteiger partial charge in [0.2, 0.25) is 0 Å². The van der Waals surface area contributed by atoms with Crippen LogP contribution >= 0.6 is 0 Å². The van der Waals surface area contributed by atoms with Crippen molar-refractivity contribution in [3.8, 4) is 11.1 Å². The first-order valence-electron chi connectivity index (χ1n) is 13.1. The number of hydrogen-bond acceptors (Lipinski definition) is 0. The summed E-state index contributed by atoms with van der Waals surface area (Å²) < 4.78 is 1.55. The fourth-order valence-electron chi connectivity index (χ4n) is 5.90. The van der Waals surface area contributed by atoms with Gasteiger partial charge in [-0.25, -0.2) is 0 Å². The first kappa shape index (κ1) is 32.3. The normalized spacial score (nSPS) is 16.0. The molecule has 2 aromatic rings. The van der Waals surface area contributed by atoms with Crippen LogP contribution in [0.25, 0.3) is 11.1 Å². The molecule has 0 aromatic heterocycles. The molecule has 0 bridgehead atoms. The molecule has 0 nitrogen and oxygen atoms in total. The molecule has 0 amide bonds. The molecule has 0 saturated carbocycles. The van der Waals surface area contributed by atoms with Gasteiger partial charge in [0.25, 0.3) is 0 Å². The van der Waals surface area contributed by atoms with Gasteiger partial charge in [-0.2, -0.15) is 0 Å². The van der Waals surface area contributed by atoms with Crippen LogP contribution in [0.3, 0.4) is 0 Å². The molecule has 197 valence electrons. The van der Waals surface area contributed by atoms with Gasteiger partial charge in [0.1, 0.15) is 0 Å². The molecule has 0 spiro atoms. The topological polar surface area (TPSA) is 0 Å². The Bertz CT molecular complexity index is 1250. The molecule has 4 rings (SSSR count). The minimum absolute atomic E-state index is 0. The second kappa shape index (κ2) is 10.6. The number of benzene rings is 2. The third kappa shape index (κ3) is 5.58. The van der Waals surface area contributed by atoms with Gasteiger partial charge < -0.3 is 24.8 Å². The predicted molar refractivity (Wildman–Crippen MR) is 149 cm³/mol. The molecule has 0 unspecified atom stereocenters. The van der Waals surface area contributed by atoms with Crippen LogP contribution in [-0.4, -0.2) is 0 Å². The smallest absolute Gasteiger partial charge is 1.00 e. The van der Waals surface area contributed by atoms with Gasteiger partial charge >= 0.3 is 231 Å². The molecule has 0 radical (unpaired) electrons. The predicted octanol–water partition coefficient (Wildman–Crippen LogP) is 3.92. The van der Waals surface area contributed by atoms with Gasteiger partial charge in [-0.15, -0.1) is 0 Å². The van der Waals surface area contributed by atoms with Crippen LogP contribution in [0, 0.1) is 5.41 Å². The molecule has 0 atom stereocenters. The van der Waals surface area contributed by atoms with Gasteiger partial charge in [-0.3, -0.25) is 0 Å². The maximum Gasteiger partial charge on any atom is -1.00 e. The summed E-state index contributed by atoms with van der Waals surface area (Å²) in [7, 11) is 0. The van der Waals surface area contributed by atoms with E-state index in [-0.39, 0.29) is 41.1 Å². The summed E-state index contributed by atoms with van der Waals surface area (Å²) in [4.78, 5) is 0. The molecule has 0 aliphatic heterocycles. The Morgan fingerprint density at radius 2 is 1.08 bits per heavy atom. The zero-order chi connectivity index (χ0) is 26.2. The summed E-state index contributed by atoms with van der Waals surface area (Å²) in [5.74, 6) is 0.296. The van der Waals surface area contributed by atoms with Crippen molar-refractivity contribution in [3.63, 3.8) is 0 Å². The molecule has 2 aliphatic carbocycles. The molecule has 0 fully saturated rings. The number of fused-ring (bicyclic) bond motifs is 3. The average molecular weight is 614 g/mol. The van der Waals surface area contributed by atoms with E-state index in [1.807, 2.05) is 0 Å². The fraction of sp³-hybridized carbons (Fsp3) is 0.471. The third-order valence-corrected chi connectivity index (χ3v) is 9.37. The number of rotatable bonds is 1. The van der Waals surface area contributed by atoms with E-state index < -0.39 is 0 Å². The van der Waals surface area contributed by atoms with E-state index in [0.29, 0.717) is 5.92 Å². The molecular formula is C34H43Cl2Zr. The SMILES string of the molecule is CC(C)=C1[C]([Zr+2])=C(C)C(C2c3ccc(C(C)(C)C)cc3-c3cc(C(C)(C)C)ccc32)=C1C(C)(C)C.[Cl-].[Cl-]. The monoisotopic (exact) mass is 611 g/mol. The molecular weight excluding hydrogens is 571 g/mol. The van der Waals surface area contributed by atoms with E-state index in [0.717, 1.165) is 0 Å². The van der Waals surface area contributed by atoms with Crippen molar-refractivity contribution in [2.75, 3.05) is 0 Å². The van der Waals surface area contributed by atoms with E-state index in [4.69, 9.17) is 0 Å². The third-order valence-electron chi connectivity index (χ3n) is 7.84. The Labute approximate surface area is 254 Å². The van der Waals surface area contributed by atoms with Gasteiger partial charge in [-0.05, 0) is 0 Å². The Balaban J connectivity index is 0.00000241. The maximum atomic E-state index is 2.49. The second-order valence-electron chi connectivity index (χ2n) is 14.0. The molecule has 37 heavy (non-hydrogen) atoms. The van der Waals surface area contributed by atoms with Crippen LogP contribution in [0.5, 0.6) is 0 Å². The van der Waals surface area contributed by atoms with Gasteiger partial charge in [0, 0.05) is 0 Å². The zero-order valence-corrected chi connectivity index (χ0v) is 28.8. The van der Waals surface area contributed by atoms with E-state index in [2.05, 4.69) is 119 Å². The molecule has 0 saturated heterocycles. The first-order chi connectivity index (χ1) is 15.9. The van der Waals surface area contributed by atoms with E-state index >= 15 is 0 Å². The molecule has 0 N–H and O–H groups in total. The van der Waals surface area contributed by atoms with Gasteiger partial charge in [0.05, 0.1) is 0 Å². The Morgan fingerprint density at radius 3 is 1.41 bits per heavy atom. The largest absolute Gasteiger partial charge is 1.00 e. The minimum atomic E-state index is 0. The van der Waals surface area contributed by atoms with Crippen LogP contribution in [0.2, 0.25) is 0 Å². The summed E-state index contributed by atoms with van der Waals surface area (Å²) in [5.41, 5.74) is 16.6. The van der Waals surface area contributed by atoms with Crippen molar-refractivity contribution in [2.24, 2.45) is 5.41 Å². The van der Waals surface area contributed by atoms with Crippen molar-refractivity contribution in [2.45, 2.75) is 99.8 Å². The zero-order valence-electron chi connectivity index (χ0n) is 24.8. The first-order valence-corrected chi connectivity index (χ1v) is 14.3.